The third kappa shape index (κ3) is 3.94. The highest BCUT2D eigenvalue weighted by Gasteiger charge is 2.42. The van der Waals surface area contributed by atoms with E-state index in [0.29, 0.717) is 17.3 Å². The topological polar surface area (TPSA) is 83.9 Å². The fourth-order valence-electron chi connectivity index (χ4n) is 3.13. The van der Waals surface area contributed by atoms with Crippen LogP contribution in [-0.2, 0) is 16.2 Å². The molecule has 0 bridgehead atoms. The van der Waals surface area contributed by atoms with E-state index in [-0.39, 0.29) is 24.8 Å². The van der Waals surface area contributed by atoms with Gasteiger partial charge in [-0.3, -0.25) is 24.5 Å². The molecule has 2 aromatic rings. The summed E-state index contributed by atoms with van der Waals surface area (Å²) in [5, 5.41) is 2.87. The molecule has 0 spiro atoms. The molecule has 7 heteroatoms. The first-order chi connectivity index (χ1) is 14.0. The third-order valence-corrected chi connectivity index (χ3v) is 4.69. The number of nitrogens with zero attached hydrogens (tertiary/aromatic N) is 3. The van der Waals surface area contributed by atoms with Crippen LogP contribution in [0.2, 0.25) is 0 Å². The van der Waals surface area contributed by atoms with E-state index in [9.17, 15) is 9.59 Å². The van der Waals surface area contributed by atoms with Gasteiger partial charge in [-0.1, -0.05) is 24.3 Å². The lowest BCUT2D eigenvalue weighted by Gasteiger charge is -2.34. The highest BCUT2D eigenvalue weighted by atomic mass is 16.5. The molecule has 0 saturated heterocycles. The first-order valence-corrected chi connectivity index (χ1v) is 9.25. The van der Waals surface area contributed by atoms with Crippen molar-refractivity contribution in [2.45, 2.75) is 25.5 Å². The average molecular weight is 388 g/mol. The number of hydrogen-bond donors (Lipinski definition) is 1. The third-order valence-electron chi connectivity index (χ3n) is 4.69. The molecule has 0 radical (unpaired) electrons. The number of fused-ring (bicyclic) bond motifs is 1. The molecule has 0 saturated carbocycles. The Balaban J connectivity index is 1.52. The second-order valence-electron chi connectivity index (χ2n) is 6.95. The molecule has 3 heterocycles. The molecule has 0 fully saturated rings. The molecule has 29 heavy (non-hydrogen) atoms. The standard InChI is InChI=1S/C22H20N4O3/c1-22(14-20(27)26-13-7-5-11-19(26)25-22)21(28)24-17-9-2-3-10-18(17)29-15-16-8-4-6-12-23-16/h2-13H,14-15H2,1H3,(H,24,28)/t22-/m0/s1. The Bertz CT molecular complexity index is 1030. The Morgan fingerprint density at radius 3 is 2.86 bits per heavy atom. The van der Waals surface area contributed by atoms with Gasteiger partial charge in [-0.15, -0.1) is 0 Å². The van der Waals surface area contributed by atoms with Crippen LogP contribution in [0.25, 0.3) is 0 Å². The van der Waals surface area contributed by atoms with Crippen LogP contribution < -0.4 is 10.1 Å². The second-order valence-corrected chi connectivity index (χ2v) is 6.95. The molecular formula is C22H20N4O3. The van der Waals surface area contributed by atoms with Gasteiger partial charge in [-0.2, -0.15) is 0 Å². The molecule has 1 atom stereocenters. The maximum absolute atomic E-state index is 13.0. The van der Waals surface area contributed by atoms with Gasteiger partial charge in [0.1, 0.15) is 23.7 Å². The summed E-state index contributed by atoms with van der Waals surface area (Å²) in [5.41, 5.74) is 0.0953. The van der Waals surface area contributed by atoms with Gasteiger partial charge in [0.25, 0.3) is 5.91 Å². The summed E-state index contributed by atoms with van der Waals surface area (Å²) >= 11 is 0. The molecule has 1 N–H and O–H groups in total. The van der Waals surface area contributed by atoms with E-state index in [1.807, 2.05) is 24.3 Å². The number of anilines is 1. The summed E-state index contributed by atoms with van der Waals surface area (Å²) in [5.74, 6) is 0.441. The first kappa shape index (κ1) is 18.6. The summed E-state index contributed by atoms with van der Waals surface area (Å²) in [6, 6.07) is 12.7. The maximum Gasteiger partial charge on any atom is 0.252 e. The molecule has 146 valence electrons. The number of carbonyl (C=O) groups excluding carboxylic acids is 2. The first-order valence-electron chi connectivity index (χ1n) is 9.25. The number of amides is 2. The van der Waals surface area contributed by atoms with Crippen LogP contribution in [0.5, 0.6) is 5.75 Å². The van der Waals surface area contributed by atoms with Gasteiger partial charge >= 0.3 is 0 Å². The minimum absolute atomic E-state index is 0.0164. The minimum Gasteiger partial charge on any atom is -0.485 e. The Morgan fingerprint density at radius 1 is 1.21 bits per heavy atom. The lowest BCUT2D eigenvalue weighted by molar-refractivity contribution is -0.132. The van der Waals surface area contributed by atoms with Gasteiger partial charge in [0, 0.05) is 12.4 Å². The number of nitrogens with one attached hydrogen (secondary N) is 1. The maximum atomic E-state index is 13.0. The largest absolute Gasteiger partial charge is 0.485 e. The van der Waals surface area contributed by atoms with Crippen molar-refractivity contribution in [2.75, 3.05) is 5.32 Å². The van der Waals surface area contributed by atoms with E-state index in [4.69, 9.17) is 4.74 Å². The molecule has 1 aromatic heterocycles. The zero-order valence-electron chi connectivity index (χ0n) is 15.9. The lowest BCUT2D eigenvalue weighted by atomic mass is 9.94. The number of carbonyl (C=O) groups is 2. The van der Waals surface area contributed by atoms with Crippen molar-refractivity contribution in [1.82, 2.24) is 9.88 Å². The van der Waals surface area contributed by atoms with E-state index < -0.39 is 5.54 Å². The zero-order valence-corrected chi connectivity index (χ0v) is 15.9. The highest BCUT2D eigenvalue weighted by molar-refractivity contribution is 6.13. The van der Waals surface area contributed by atoms with Gasteiger partial charge in [0.15, 0.2) is 0 Å². The van der Waals surface area contributed by atoms with E-state index in [2.05, 4.69) is 15.3 Å². The van der Waals surface area contributed by atoms with Crippen molar-refractivity contribution < 1.29 is 14.3 Å². The summed E-state index contributed by atoms with van der Waals surface area (Å²) in [6.07, 6.45) is 8.59. The monoisotopic (exact) mass is 388 g/mol. The van der Waals surface area contributed by atoms with Crippen LogP contribution in [-0.4, -0.2) is 33.1 Å². The predicted molar refractivity (Wildman–Crippen MR) is 109 cm³/mol. The van der Waals surface area contributed by atoms with Crippen LogP contribution in [0.4, 0.5) is 5.69 Å². The molecule has 4 rings (SSSR count). The van der Waals surface area contributed by atoms with E-state index in [0.717, 1.165) is 5.69 Å². The molecule has 0 aliphatic carbocycles. The Labute approximate surface area is 168 Å². The average Bonchev–Trinajstić information content (AvgIpc) is 2.74. The summed E-state index contributed by atoms with van der Waals surface area (Å²) in [7, 11) is 0. The van der Waals surface area contributed by atoms with Crippen molar-refractivity contribution >= 4 is 23.3 Å². The van der Waals surface area contributed by atoms with Crippen molar-refractivity contribution in [3.8, 4) is 5.75 Å². The van der Waals surface area contributed by atoms with Crippen LogP contribution in [0.3, 0.4) is 0 Å². The van der Waals surface area contributed by atoms with Crippen LogP contribution in [0, 0.1) is 0 Å². The number of allylic oxidation sites excluding steroid dienone is 2. The van der Waals surface area contributed by atoms with Crippen molar-refractivity contribution in [3.63, 3.8) is 0 Å². The molecular weight excluding hydrogens is 368 g/mol. The number of pyridine rings is 1. The molecule has 7 nitrogen and oxygen atoms in total. The number of benzene rings is 1. The van der Waals surface area contributed by atoms with E-state index >= 15 is 0 Å². The zero-order chi connectivity index (χ0) is 20.3. The summed E-state index contributed by atoms with van der Waals surface area (Å²) in [6.45, 7) is 1.94. The van der Waals surface area contributed by atoms with Crippen molar-refractivity contribution in [3.05, 3.63) is 78.8 Å². The van der Waals surface area contributed by atoms with E-state index in [1.54, 1.807) is 55.7 Å². The van der Waals surface area contributed by atoms with Gasteiger partial charge in [0.2, 0.25) is 5.91 Å². The molecule has 1 aromatic carbocycles. The normalized spacial score (nSPS) is 20.1. The SMILES string of the molecule is C[C@@]1(C(=O)Nc2ccccc2OCc2ccccn2)CC(=O)N2C=CC=CC2=N1. The fourth-order valence-corrected chi connectivity index (χ4v) is 3.13. The number of rotatable bonds is 5. The van der Waals surface area contributed by atoms with E-state index in [1.165, 1.54) is 4.90 Å². The number of ether oxygens (including phenoxy) is 1. The number of aromatic nitrogens is 1. The Kier molecular flexibility index (Phi) is 4.95. The summed E-state index contributed by atoms with van der Waals surface area (Å²) < 4.78 is 5.84. The van der Waals surface area contributed by atoms with Crippen molar-refractivity contribution in [1.29, 1.82) is 0 Å². The number of amidine groups is 1. The van der Waals surface area contributed by atoms with Crippen LogP contribution in [0.1, 0.15) is 19.0 Å². The van der Waals surface area contributed by atoms with Crippen LogP contribution in [0.15, 0.2) is 78.1 Å². The summed E-state index contributed by atoms with van der Waals surface area (Å²) in [4.78, 5) is 35.7. The Hall–Kier alpha value is -3.74. The Morgan fingerprint density at radius 2 is 2.03 bits per heavy atom. The molecule has 2 amide bonds. The molecule has 2 aliphatic rings. The number of hydrogen-bond acceptors (Lipinski definition) is 5. The predicted octanol–water partition coefficient (Wildman–Crippen LogP) is 3.07. The number of aliphatic imine (C=N–C) groups is 1. The minimum atomic E-state index is -1.20. The van der Waals surface area contributed by atoms with Gasteiger partial charge in [0.05, 0.1) is 17.8 Å². The second kappa shape index (κ2) is 7.71. The van der Waals surface area contributed by atoms with Crippen molar-refractivity contribution in [2.24, 2.45) is 4.99 Å². The fraction of sp³-hybridized carbons (Fsp3) is 0.182. The van der Waals surface area contributed by atoms with Gasteiger partial charge < -0.3 is 10.1 Å². The smallest absolute Gasteiger partial charge is 0.252 e. The lowest BCUT2D eigenvalue weighted by Crippen LogP contribution is -2.50. The van der Waals surface area contributed by atoms with Gasteiger partial charge in [-0.05, 0) is 43.3 Å². The molecule has 2 aliphatic heterocycles. The quantitative estimate of drug-likeness (QED) is 0.853. The van der Waals surface area contributed by atoms with Gasteiger partial charge in [-0.25, -0.2) is 0 Å². The number of para-hydroxylation sites is 2. The van der Waals surface area contributed by atoms with Crippen LogP contribution >= 0.6 is 0 Å². The highest BCUT2D eigenvalue weighted by Crippen LogP contribution is 2.30. The molecule has 0 unspecified atom stereocenters.